The van der Waals surface area contributed by atoms with Gasteiger partial charge in [-0.05, 0) is 36.6 Å². The zero-order valence-corrected chi connectivity index (χ0v) is 15.0. The number of hydrogen-bond acceptors (Lipinski definition) is 4. The summed E-state index contributed by atoms with van der Waals surface area (Å²) < 4.78 is 4.76. The average Bonchev–Trinajstić information content (AvgIpc) is 2.59. The van der Waals surface area contributed by atoms with Crippen LogP contribution in [0.15, 0.2) is 24.3 Å². The first-order valence-corrected chi connectivity index (χ1v) is 8.32. The standard InChI is InChI=1S/C18H23ClN2O3/c1-20(2)15-6-4-13(16(19)12-15)5-7-17(22)21-10-8-14(9-11-21)18(23)24-3/h4-7,12,14H,8-11H2,1-3H3. The molecule has 5 nitrogen and oxygen atoms in total. The molecule has 2 rings (SSSR count). The second-order valence-electron chi connectivity index (χ2n) is 6.06. The molecule has 0 aromatic heterocycles. The van der Waals surface area contributed by atoms with Crippen LogP contribution in [0.4, 0.5) is 5.69 Å². The van der Waals surface area contributed by atoms with Gasteiger partial charge in [0.2, 0.25) is 5.91 Å². The van der Waals surface area contributed by atoms with Gasteiger partial charge in [-0.25, -0.2) is 0 Å². The summed E-state index contributed by atoms with van der Waals surface area (Å²) in [6.07, 6.45) is 4.56. The SMILES string of the molecule is COC(=O)C1CCN(C(=O)C=Cc2ccc(N(C)C)cc2Cl)CC1. The van der Waals surface area contributed by atoms with Crippen LogP contribution in [0.2, 0.25) is 5.02 Å². The van der Waals surface area contributed by atoms with Gasteiger partial charge in [0.15, 0.2) is 0 Å². The summed E-state index contributed by atoms with van der Waals surface area (Å²) in [6, 6.07) is 5.72. The van der Waals surface area contributed by atoms with Gasteiger partial charge in [0.25, 0.3) is 0 Å². The Morgan fingerprint density at radius 3 is 2.50 bits per heavy atom. The lowest BCUT2D eigenvalue weighted by Gasteiger charge is -2.29. The van der Waals surface area contributed by atoms with E-state index in [1.54, 1.807) is 11.0 Å². The normalized spacial score (nSPS) is 15.6. The quantitative estimate of drug-likeness (QED) is 0.619. The molecule has 1 aromatic rings. The van der Waals surface area contributed by atoms with Gasteiger partial charge < -0.3 is 14.5 Å². The predicted molar refractivity (Wildman–Crippen MR) is 96.1 cm³/mol. The third kappa shape index (κ3) is 4.51. The number of hydrogen-bond donors (Lipinski definition) is 0. The fourth-order valence-corrected chi connectivity index (χ4v) is 2.94. The van der Waals surface area contributed by atoms with Crippen molar-refractivity contribution in [1.82, 2.24) is 4.90 Å². The number of likely N-dealkylation sites (tertiary alicyclic amines) is 1. The maximum atomic E-state index is 12.3. The highest BCUT2D eigenvalue weighted by Gasteiger charge is 2.26. The molecular formula is C18H23ClN2O3. The molecule has 0 N–H and O–H groups in total. The van der Waals surface area contributed by atoms with Crippen molar-refractivity contribution in [3.05, 3.63) is 34.9 Å². The van der Waals surface area contributed by atoms with Gasteiger partial charge >= 0.3 is 5.97 Å². The lowest BCUT2D eigenvalue weighted by atomic mass is 9.97. The number of anilines is 1. The number of carbonyl (C=O) groups is 2. The number of methoxy groups -OCH3 is 1. The van der Waals surface area contributed by atoms with Gasteiger partial charge in [-0.1, -0.05) is 17.7 Å². The van der Waals surface area contributed by atoms with Gasteiger partial charge in [0.1, 0.15) is 0 Å². The molecule has 1 aromatic carbocycles. The Balaban J connectivity index is 1.95. The predicted octanol–water partition coefficient (Wildman–Crippen LogP) is 2.83. The van der Waals surface area contributed by atoms with Gasteiger partial charge in [0, 0.05) is 44.0 Å². The minimum atomic E-state index is -0.189. The van der Waals surface area contributed by atoms with E-state index in [4.69, 9.17) is 16.3 Å². The first-order valence-electron chi connectivity index (χ1n) is 7.94. The summed E-state index contributed by atoms with van der Waals surface area (Å²) >= 11 is 6.26. The minimum Gasteiger partial charge on any atom is -0.469 e. The number of nitrogens with zero attached hydrogens (tertiary/aromatic N) is 2. The summed E-state index contributed by atoms with van der Waals surface area (Å²) in [5.41, 5.74) is 1.81. The Hall–Kier alpha value is -2.01. The molecule has 0 unspecified atom stereocenters. The molecule has 24 heavy (non-hydrogen) atoms. The average molecular weight is 351 g/mol. The first-order chi connectivity index (χ1) is 11.4. The topological polar surface area (TPSA) is 49.9 Å². The van der Waals surface area contributed by atoms with Crippen LogP contribution >= 0.6 is 11.6 Å². The van der Waals surface area contributed by atoms with Crippen molar-refractivity contribution in [2.45, 2.75) is 12.8 Å². The summed E-state index contributed by atoms with van der Waals surface area (Å²) in [5.74, 6) is -0.354. The molecule has 6 heteroatoms. The second-order valence-corrected chi connectivity index (χ2v) is 6.46. The maximum absolute atomic E-state index is 12.3. The van der Waals surface area contributed by atoms with E-state index < -0.39 is 0 Å². The highest BCUT2D eigenvalue weighted by Crippen LogP contribution is 2.24. The minimum absolute atomic E-state index is 0.0638. The molecule has 130 valence electrons. The van der Waals surface area contributed by atoms with E-state index in [2.05, 4.69) is 0 Å². The second kappa shape index (κ2) is 8.20. The van der Waals surface area contributed by atoms with E-state index in [1.165, 1.54) is 13.2 Å². The van der Waals surface area contributed by atoms with Crippen molar-refractivity contribution in [3.63, 3.8) is 0 Å². The van der Waals surface area contributed by atoms with Crippen LogP contribution in [-0.2, 0) is 14.3 Å². The number of esters is 1. The Bertz CT molecular complexity index is 635. The van der Waals surface area contributed by atoms with Crippen LogP contribution in [0, 0.1) is 5.92 Å². The van der Waals surface area contributed by atoms with Crippen molar-refractivity contribution in [1.29, 1.82) is 0 Å². The third-order valence-electron chi connectivity index (χ3n) is 4.25. The lowest BCUT2D eigenvalue weighted by Crippen LogP contribution is -2.39. The van der Waals surface area contributed by atoms with E-state index in [9.17, 15) is 9.59 Å². The fraction of sp³-hybridized carbons (Fsp3) is 0.444. The molecule has 0 bridgehead atoms. The highest BCUT2D eigenvalue weighted by molar-refractivity contribution is 6.32. The molecule has 1 aliphatic heterocycles. The van der Waals surface area contributed by atoms with E-state index >= 15 is 0 Å². The number of halogens is 1. The molecule has 1 aliphatic rings. The van der Waals surface area contributed by atoms with Gasteiger partial charge in [0.05, 0.1) is 13.0 Å². The number of ether oxygens (including phenoxy) is 1. The molecule has 1 amide bonds. The van der Waals surface area contributed by atoms with Crippen molar-refractivity contribution in [2.75, 3.05) is 39.2 Å². The van der Waals surface area contributed by atoms with Crippen LogP contribution < -0.4 is 4.90 Å². The summed E-state index contributed by atoms with van der Waals surface area (Å²) in [5, 5.41) is 0.606. The largest absolute Gasteiger partial charge is 0.469 e. The number of piperidine rings is 1. The Morgan fingerprint density at radius 2 is 1.96 bits per heavy atom. The fourth-order valence-electron chi connectivity index (χ4n) is 2.70. The van der Waals surface area contributed by atoms with Crippen LogP contribution in [0.1, 0.15) is 18.4 Å². The van der Waals surface area contributed by atoms with E-state index in [0.29, 0.717) is 31.0 Å². The lowest BCUT2D eigenvalue weighted by molar-refractivity contribution is -0.148. The van der Waals surface area contributed by atoms with Gasteiger partial charge in [-0.2, -0.15) is 0 Å². The summed E-state index contributed by atoms with van der Waals surface area (Å²) in [7, 11) is 5.29. The summed E-state index contributed by atoms with van der Waals surface area (Å²) in [6.45, 7) is 1.13. The molecule has 1 heterocycles. The van der Waals surface area contributed by atoms with E-state index in [-0.39, 0.29) is 17.8 Å². The smallest absolute Gasteiger partial charge is 0.308 e. The molecule has 0 atom stereocenters. The maximum Gasteiger partial charge on any atom is 0.308 e. The van der Waals surface area contributed by atoms with Crippen molar-refractivity contribution < 1.29 is 14.3 Å². The molecule has 0 aliphatic carbocycles. The highest BCUT2D eigenvalue weighted by atomic mass is 35.5. The third-order valence-corrected chi connectivity index (χ3v) is 4.57. The van der Waals surface area contributed by atoms with Gasteiger partial charge in [-0.15, -0.1) is 0 Å². The Labute approximate surface area is 147 Å². The van der Waals surface area contributed by atoms with E-state index in [0.717, 1.165) is 11.3 Å². The van der Waals surface area contributed by atoms with Crippen molar-refractivity contribution >= 4 is 35.2 Å². The zero-order chi connectivity index (χ0) is 17.7. The monoisotopic (exact) mass is 350 g/mol. The molecule has 1 fully saturated rings. The number of rotatable bonds is 4. The Kier molecular flexibility index (Phi) is 6.26. The van der Waals surface area contributed by atoms with Crippen LogP contribution in [-0.4, -0.2) is 51.1 Å². The first kappa shape index (κ1) is 18.3. The number of benzene rings is 1. The molecule has 0 radical (unpaired) electrons. The number of amides is 1. The zero-order valence-electron chi connectivity index (χ0n) is 14.3. The molecule has 0 spiro atoms. The molecule has 1 saturated heterocycles. The van der Waals surface area contributed by atoms with E-state index in [1.807, 2.05) is 37.2 Å². The summed E-state index contributed by atoms with van der Waals surface area (Å²) in [4.78, 5) is 27.5. The van der Waals surface area contributed by atoms with Crippen molar-refractivity contribution in [3.8, 4) is 0 Å². The molecular weight excluding hydrogens is 328 g/mol. The van der Waals surface area contributed by atoms with Crippen LogP contribution in [0.25, 0.3) is 6.08 Å². The molecule has 0 saturated carbocycles. The Morgan fingerprint density at radius 1 is 1.29 bits per heavy atom. The van der Waals surface area contributed by atoms with Crippen LogP contribution in [0.5, 0.6) is 0 Å². The van der Waals surface area contributed by atoms with Gasteiger partial charge in [-0.3, -0.25) is 9.59 Å². The number of carbonyl (C=O) groups excluding carboxylic acids is 2. The van der Waals surface area contributed by atoms with Crippen LogP contribution in [0.3, 0.4) is 0 Å². The van der Waals surface area contributed by atoms with Crippen molar-refractivity contribution in [2.24, 2.45) is 5.92 Å².